The van der Waals surface area contributed by atoms with Gasteiger partial charge in [-0.05, 0) is 51.4 Å². The van der Waals surface area contributed by atoms with Crippen LogP contribution in [-0.2, 0) is 33.3 Å². The van der Waals surface area contributed by atoms with E-state index in [1.807, 2.05) is 21.1 Å². The molecule has 0 saturated heterocycles. The van der Waals surface area contributed by atoms with Crippen molar-refractivity contribution < 1.29 is 42.9 Å². The number of ether oxygens (including phenoxy) is 4. The lowest BCUT2D eigenvalue weighted by molar-refractivity contribution is -0.870. The lowest BCUT2D eigenvalue weighted by Gasteiger charge is -2.25. The Bertz CT molecular complexity index is 1580. The van der Waals surface area contributed by atoms with E-state index in [0.29, 0.717) is 17.4 Å². The lowest BCUT2D eigenvalue weighted by atomic mass is 10.0. The summed E-state index contributed by atoms with van der Waals surface area (Å²) in [5.41, 5.74) is 0. The van der Waals surface area contributed by atoms with Crippen molar-refractivity contribution in [2.45, 2.75) is 392 Å². The van der Waals surface area contributed by atoms with E-state index in [0.717, 1.165) is 64.2 Å². The quantitative estimate of drug-likeness (QED) is 0.0211. The number of quaternary nitrogens is 1. The monoisotopic (exact) mass is 1240 g/mol. The van der Waals surface area contributed by atoms with Crippen molar-refractivity contribution >= 4 is 17.9 Å². The highest BCUT2D eigenvalue weighted by molar-refractivity contribution is 5.71. The van der Waals surface area contributed by atoms with Crippen LogP contribution in [0.4, 0.5) is 0 Å². The molecule has 9 heteroatoms. The van der Waals surface area contributed by atoms with E-state index in [1.54, 1.807) is 0 Å². The number of carboxylic acid groups (broad SMARTS) is 1. The molecule has 0 aromatic heterocycles. The molecule has 0 amide bonds. The smallest absolute Gasteiger partial charge is 0.361 e. The van der Waals surface area contributed by atoms with Crippen LogP contribution in [0.3, 0.4) is 0 Å². The summed E-state index contributed by atoms with van der Waals surface area (Å²) >= 11 is 0. The molecule has 0 aliphatic carbocycles. The standard InChI is InChI=1S/C79H147NO8/c1-6-8-10-12-14-16-18-20-22-24-26-28-30-32-34-35-36-37-38-39-40-41-42-43-44-46-48-50-52-54-56-58-60-62-64-66-68-70-77(82)88-75(74-87-79(78(83)84)85-72-71-80(3,4)5)73-86-76(81)69-67-65-63-61-59-57-55-53-51-49-47-45-33-31-29-27-25-23-21-19-17-15-13-11-9-7-2/h8,10,14,16,20,22,26,28,75,79H,6-7,9,11-13,15,17-19,21,23-25,27,29-74H2,1-5H3/p+1/b10-8-,16-14-,22-20-,28-26-. The molecular weight excluding hydrogens is 1090 g/mol. The molecule has 0 bridgehead atoms. The number of carbonyl (C=O) groups excluding carboxylic acids is 2. The summed E-state index contributed by atoms with van der Waals surface area (Å²) in [6, 6.07) is 0. The first kappa shape index (κ1) is 85.2. The largest absolute Gasteiger partial charge is 0.477 e. The van der Waals surface area contributed by atoms with Crippen molar-refractivity contribution in [1.82, 2.24) is 0 Å². The molecule has 0 heterocycles. The van der Waals surface area contributed by atoms with Crippen molar-refractivity contribution in [3.8, 4) is 0 Å². The summed E-state index contributed by atoms with van der Waals surface area (Å²) in [5.74, 6) is -1.97. The fraction of sp³-hybridized carbons (Fsp3) is 0.861. The Kier molecular flexibility index (Phi) is 67.9. The Balaban J connectivity index is 3.98. The number of aliphatic carboxylic acids is 1. The van der Waals surface area contributed by atoms with E-state index in [1.165, 1.54) is 289 Å². The molecule has 0 fully saturated rings. The third kappa shape index (κ3) is 70.7. The van der Waals surface area contributed by atoms with Crippen LogP contribution in [0, 0.1) is 0 Å². The number of esters is 2. The van der Waals surface area contributed by atoms with Crippen LogP contribution in [-0.4, -0.2) is 87.4 Å². The van der Waals surface area contributed by atoms with Gasteiger partial charge in [-0.3, -0.25) is 9.59 Å². The highest BCUT2D eigenvalue weighted by Crippen LogP contribution is 2.20. The minimum absolute atomic E-state index is 0.175. The second-order valence-electron chi connectivity index (χ2n) is 27.3. The third-order valence-electron chi connectivity index (χ3n) is 17.3. The number of nitrogens with zero attached hydrogens (tertiary/aromatic N) is 1. The van der Waals surface area contributed by atoms with Gasteiger partial charge in [0.25, 0.3) is 6.29 Å². The zero-order valence-corrected chi connectivity index (χ0v) is 59.2. The van der Waals surface area contributed by atoms with Crippen molar-refractivity contribution in [3.05, 3.63) is 48.6 Å². The average molecular weight is 1240 g/mol. The minimum Gasteiger partial charge on any atom is -0.477 e. The fourth-order valence-electron chi connectivity index (χ4n) is 11.5. The van der Waals surface area contributed by atoms with Gasteiger partial charge in [0.2, 0.25) is 0 Å². The summed E-state index contributed by atoms with van der Waals surface area (Å²) in [4.78, 5) is 37.7. The van der Waals surface area contributed by atoms with E-state index in [-0.39, 0.29) is 38.2 Å². The Hall–Kier alpha value is -2.75. The van der Waals surface area contributed by atoms with Crippen LogP contribution < -0.4 is 0 Å². The van der Waals surface area contributed by atoms with Crippen LogP contribution in [0.5, 0.6) is 0 Å². The number of rotatable bonds is 72. The molecule has 9 nitrogen and oxygen atoms in total. The number of hydrogen-bond donors (Lipinski definition) is 1. The van der Waals surface area contributed by atoms with Crippen LogP contribution in [0.2, 0.25) is 0 Å². The molecule has 0 saturated carbocycles. The third-order valence-corrected chi connectivity index (χ3v) is 17.3. The van der Waals surface area contributed by atoms with Gasteiger partial charge in [0.15, 0.2) is 6.10 Å². The van der Waals surface area contributed by atoms with E-state index in [2.05, 4.69) is 62.5 Å². The molecular formula is C79H148NO8+. The Morgan fingerprint density at radius 2 is 0.648 bits per heavy atom. The van der Waals surface area contributed by atoms with Gasteiger partial charge in [-0.25, -0.2) is 4.79 Å². The van der Waals surface area contributed by atoms with E-state index in [9.17, 15) is 19.5 Å². The fourth-order valence-corrected chi connectivity index (χ4v) is 11.5. The minimum atomic E-state index is -1.51. The second-order valence-corrected chi connectivity index (χ2v) is 27.3. The number of carbonyl (C=O) groups is 3. The molecule has 0 rings (SSSR count). The molecule has 0 aliphatic rings. The molecule has 2 atom stereocenters. The molecule has 0 aromatic rings. The number of allylic oxidation sites excluding steroid dienone is 8. The van der Waals surface area contributed by atoms with Gasteiger partial charge < -0.3 is 28.5 Å². The maximum absolute atomic E-state index is 13.0. The van der Waals surface area contributed by atoms with Crippen molar-refractivity contribution in [2.24, 2.45) is 0 Å². The Morgan fingerprint density at radius 1 is 0.352 bits per heavy atom. The Morgan fingerprint density at radius 3 is 0.966 bits per heavy atom. The second kappa shape index (κ2) is 70.1. The van der Waals surface area contributed by atoms with E-state index >= 15 is 0 Å². The molecule has 516 valence electrons. The van der Waals surface area contributed by atoms with Crippen LogP contribution in [0.15, 0.2) is 48.6 Å². The summed E-state index contributed by atoms with van der Waals surface area (Å²) in [7, 11) is 6.00. The van der Waals surface area contributed by atoms with E-state index in [4.69, 9.17) is 18.9 Å². The molecule has 0 aliphatic heterocycles. The van der Waals surface area contributed by atoms with Gasteiger partial charge >= 0.3 is 17.9 Å². The summed E-state index contributed by atoms with van der Waals surface area (Å²) in [5, 5.41) is 9.76. The van der Waals surface area contributed by atoms with Gasteiger partial charge in [0.05, 0.1) is 34.4 Å². The zero-order valence-electron chi connectivity index (χ0n) is 59.2. The van der Waals surface area contributed by atoms with Crippen molar-refractivity contribution in [1.29, 1.82) is 0 Å². The molecule has 1 N–H and O–H groups in total. The van der Waals surface area contributed by atoms with Gasteiger partial charge in [-0.1, -0.05) is 364 Å². The normalized spacial score (nSPS) is 12.9. The first-order valence-corrected chi connectivity index (χ1v) is 38.3. The topological polar surface area (TPSA) is 108 Å². The lowest BCUT2D eigenvalue weighted by Crippen LogP contribution is -2.40. The molecule has 0 radical (unpaired) electrons. The average Bonchev–Trinajstić information content (AvgIpc) is 3.54. The molecule has 0 spiro atoms. The van der Waals surface area contributed by atoms with Crippen LogP contribution in [0.1, 0.15) is 380 Å². The predicted molar refractivity (Wildman–Crippen MR) is 378 cm³/mol. The molecule has 0 aromatic carbocycles. The maximum atomic E-state index is 13.0. The predicted octanol–water partition coefficient (Wildman–Crippen LogP) is 24.1. The van der Waals surface area contributed by atoms with Gasteiger partial charge in [-0.2, -0.15) is 0 Å². The Labute approximate surface area is 546 Å². The zero-order chi connectivity index (χ0) is 64.0. The first-order chi connectivity index (χ1) is 43.1. The highest BCUT2D eigenvalue weighted by atomic mass is 16.7. The van der Waals surface area contributed by atoms with Gasteiger partial charge in [0.1, 0.15) is 13.2 Å². The SMILES string of the molecule is CC/C=C\C/C=C\C/C=C\C/C=C\CCCCCCCCCCCCCCCCCCCCCCCCCCC(=O)OC(COC(=O)CCCCCCCCCCCCCCCCCCCCCCCCCCCC)COC(OCC[N+](C)(C)C)C(=O)O. The highest BCUT2D eigenvalue weighted by Gasteiger charge is 2.25. The number of carboxylic acids is 1. The number of unbranched alkanes of at least 4 members (excludes halogenated alkanes) is 49. The van der Waals surface area contributed by atoms with Gasteiger partial charge in [0, 0.05) is 12.8 Å². The number of likely N-dealkylation sites (N-methyl/N-ethyl adjacent to an activating group) is 1. The van der Waals surface area contributed by atoms with Crippen LogP contribution in [0.25, 0.3) is 0 Å². The molecule has 2 unspecified atom stereocenters. The summed E-state index contributed by atoms with van der Waals surface area (Å²) < 4.78 is 23.0. The summed E-state index contributed by atoms with van der Waals surface area (Å²) in [6.07, 6.45) is 88.3. The van der Waals surface area contributed by atoms with Crippen molar-refractivity contribution in [2.75, 3.05) is 47.5 Å². The number of hydrogen-bond acceptors (Lipinski definition) is 7. The van der Waals surface area contributed by atoms with E-state index < -0.39 is 18.4 Å². The van der Waals surface area contributed by atoms with Gasteiger partial charge in [-0.15, -0.1) is 0 Å². The molecule has 88 heavy (non-hydrogen) atoms. The van der Waals surface area contributed by atoms with Crippen LogP contribution >= 0.6 is 0 Å². The maximum Gasteiger partial charge on any atom is 0.361 e. The van der Waals surface area contributed by atoms with Crippen molar-refractivity contribution in [3.63, 3.8) is 0 Å². The summed E-state index contributed by atoms with van der Waals surface area (Å²) in [6.45, 7) is 4.84. The first-order valence-electron chi connectivity index (χ1n) is 38.3.